The van der Waals surface area contributed by atoms with Gasteiger partial charge in [0.25, 0.3) is 0 Å². The molecule has 0 aliphatic heterocycles. The van der Waals surface area contributed by atoms with Crippen molar-refractivity contribution in [2.45, 2.75) is 12.5 Å². The maximum Gasteiger partial charge on any atom is 0.421 e. The zero-order valence-corrected chi connectivity index (χ0v) is 14.7. The minimum absolute atomic E-state index is 0.605. The van der Waals surface area contributed by atoms with E-state index in [1.807, 2.05) is 59.9 Å². The second-order valence-electron chi connectivity index (χ2n) is 5.17. The van der Waals surface area contributed by atoms with Crippen LogP contribution in [0.3, 0.4) is 0 Å². The molecule has 0 saturated carbocycles. The molecule has 23 heavy (non-hydrogen) atoms. The van der Waals surface area contributed by atoms with Crippen LogP contribution in [0.5, 0.6) is 0 Å². The fraction of sp³-hybridized carbons (Fsp3) is 0.400. The second kappa shape index (κ2) is 8.56. The van der Waals surface area contributed by atoms with E-state index in [9.17, 15) is 4.80 Å². The van der Waals surface area contributed by atoms with Crippen LogP contribution in [0.2, 0.25) is 6.04 Å². The molecule has 2 rings (SSSR count). The van der Waals surface area contributed by atoms with Gasteiger partial charge in [-0.1, -0.05) is 5.11 Å². The first kappa shape index (κ1) is 17.3. The zero-order chi connectivity index (χ0) is 16.7. The highest BCUT2D eigenvalue weighted by Gasteiger charge is 2.11. The lowest BCUT2D eigenvalue weighted by Gasteiger charge is -2.06. The summed E-state index contributed by atoms with van der Waals surface area (Å²) in [6.45, 7) is 0.764. The number of anilines is 1. The van der Waals surface area contributed by atoms with Gasteiger partial charge in [-0.05, 0) is 30.7 Å². The van der Waals surface area contributed by atoms with E-state index in [1.165, 1.54) is 7.11 Å². The van der Waals surface area contributed by atoms with Gasteiger partial charge in [-0.15, -0.1) is 0 Å². The van der Waals surface area contributed by atoms with Crippen LogP contribution < -0.4 is 14.7 Å². The van der Waals surface area contributed by atoms with Crippen LogP contribution in [-0.4, -0.2) is 27.5 Å². The number of aromatic nitrogens is 2. The summed E-state index contributed by atoms with van der Waals surface area (Å²) in [4.78, 5) is 11.2. The minimum atomic E-state index is -1.85. The molecule has 0 aliphatic carbocycles. The molecule has 0 aliphatic rings. The van der Waals surface area contributed by atoms with Crippen molar-refractivity contribution in [1.29, 1.82) is 0 Å². The predicted octanol–water partition coefficient (Wildman–Crippen LogP) is 1.56. The van der Waals surface area contributed by atoms with Gasteiger partial charge < -0.3 is 10.1 Å². The summed E-state index contributed by atoms with van der Waals surface area (Å²) in [5.41, 5.74) is 1.80. The highest BCUT2D eigenvalue weighted by molar-refractivity contribution is 6.40. The van der Waals surface area contributed by atoms with Crippen molar-refractivity contribution in [1.82, 2.24) is 4.57 Å². The molecule has 1 aromatic heterocycles. The Labute approximate surface area is 138 Å². The van der Waals surface area contributed by atoms with Crippen LogP contribution in [0.1, 0.15) is 6.42 Å². The van der Waals surface area contributed by atoms with E-state index in [1.54, 1.807) is 0 Å². The molecule has 2 aromatic rings. The van der Waals surface area contributed by atoms with E-state index in [4.69, 9.17) is 4.43 Å². The topological polar surface area (TPSA) is 77.8 Å². The van der Waals surface area contributed by atoms with Gasteiger partial charge in [-0.3, -0.25) is 0 Å². The lowest BCUT2D eigenvalue weighted by atomic mass is 10.3. The van der Waals surface area contributed by atoms with Crippen LogP contribution in [0.4, 0.5) is 17.3 Å². The van der Waals surface area contributed by atoms with Gasteiger partial charge in [0.1, 0.15) is 5.69 Å². The van der Waals surface area contributed by atoms with Crippen molar-refractivity contribution in [3.8, 4) is 0 Å². The molecule has 7 nitrogen and oxygen atoms in total. The number of nitrogens with one attached hydrogen (secondary N) is 1. The van der Waals surface area contributed by atoms with Gasteiger partial charge in [-0.2, -0.15) is 0 Å². The van der Waals surface area contributed by atoms with E-state index >= 15 is 0 Å². The smallest absolute Gasteiger partial charge is 0.421 e. The number of azo groups is 1. The lowest BCUT2D eigenvalue weighted by Crippen LogP contribution is -2.33. The van der Waals surface area contributed by atoms with Crippen molar-refractivity contribution in [2.24, 2.45) is 24.3 Å². The monoisotopic (exact) mass is 332 g/mol. The third-order valence-electron chi connectivity index (χ3n) is 3.38. The Balaban J connectivity index is 1.85. The first-order valence-corrected chi connectivity index (χ1v) is 8.96. The molecule has 1 heterocycles. The van der Waals surface area contributed by atoms with Crippen molar-refractivity contribution >= 4 is 26.6 Å². The molecule has 0 atom stereocenters. The normalized spacial score (nSPS) is 11.1. The molecule has 1 N–H and O–H groups in total. The summed E-state index contributed by atoms with van der Waals surface area (Å²) in [5.74, 6) is 0.778. The van der Waals surface area contributed by atoms with Gasteiger partial charge in [0.05, 0.1) is 39.6 Å². The Kier molecular flexibility index (Phi) is 6.45. The van der Waals surface area contributed by atoms with Gasteiger partial charge >= 0.3 is 15.2 Å². The number of aryl methyl sites for hydroxylation is 2. The third-order valence-corrected chi connectivity index (χ3v) is 4.60. The maximum absolute atomic E-state index is 11.2. The fourth-order valence-electron chi connectivity index (χ4n) is 2.04. The predicted molar refractivity (Wildman–Crippen MR) is 87.9 cm³/mol. The minimum Gasteiger partial charge on any atom is -0.673 e. The largest absolute Gasteiger partial charge is 0.673 e. The SMILES string of the molecule is CO[Si+]([O-])CCCNc1ccc(N=Nc2n(C)cc[n+]2C)cc1. The Hall–Kier alpha value is -2.03. The van der Waals surface area contributed by atoms with E-state index in [0.717, 1.165) is 30.3 Å². The zero-order valence-electron chi connectivity index (χ0n) is 13.7. The molecule has 0 bridgehead atoms. The first-order chi connectivity index (χ1) is 11.1. The van der Waals surface area contributed by atoms with Crippen molar-refractivity contribution in [3.05, 3.63) is 36.7 Å². The summed E-state index contributed by atoms with van der Waals surface area (Å²) in [6.07, 6.45) is 4.68. The van der Waals surface area contributed by atoms with Crippen LogP contribution in [-0.2, 0) is 18.5 Å². The van der Waals surface area contributed by atoms with Crippen molar-refractivity contribution in [3.63, 3.8) is 0 Å². The van der Waals surface area contributed by atoms with E-state index in [0.29, 0.717) is 6.04 Å². The number of rotatable bonds is 8. The van der Waals surface area contributed by atoms with Crippen molar-refractivity contribution in [2.75, 3.05) is 19.0 Å². The standard InChI is InChI=1S/C15H21N5O2Si/c1-19-10-11-20(2)15(19)18-17-14-7-5-13(6-8-14)16-9-4-12-23(21)22-3/h5-8,10-11H,4,9,12H2,1-3H3/p+1. The average molecular weight is 332 g/mol. The number of imidazole rings is 1. The molecular formula is C15H22N5O2Si+. The quantitative estimate of drug-likeness (QED) is 0.345. The van der Waals surface area contributed by atoms with Gasteiger partial charge in [-0.25, -0.2) is 13.6 Å². The van der Waals surface area contributed by atoms with E-state index in [2.05, 4.69) is 15.5 Å². The summed E-state index contributed by atoms with van der Waals surface area (Å²) >= 11 is 0. The van der Waals surface area contributed by atoms with Gasteiger partial charge in [0, 0.05) is 17.3 Å². The third kappa shape index (κ3) is 5.27. The molecule has 0 spiro atoms. The Morgan fingerprint density at radius 2 is 2.04 bits per heavy atom. The molecule has 0 amide bonds. The van der Waals surface area contributed by atoms with Crippen molar-refractivity contribution < 1.29 is 13.8 Å². The van der Waals surface area contributed by atoms with Crippen LogP contribution in [0.25, 0.3) is 0 Å². The molecule has 0 unspecified atom stereocenters. The molecule has 122 valence electrons. The summed E-state index contributed by atoms with van der Waals surface area (Å²) < 4.78 is 8.60. The highest BCUT2D eigenvalue weighted by Crippen LogP contribution is 2.18. The molecular weight excluding hydrogens is 310 g/mol. The van der Waals surface area contributed by atoms with Gasteiger partial charge in [0.15, 0.2) is 0 Å². The van der Waals surface area contributed by atoms with E-state index < -0.39 is 9.28 Å². The summed E-state index contributed by atoms with van der Waals surface area (Å²) in [5, 5.41) is 11.8. The Morgan fingerprint density at radius 1 is 1.30 bits per heavy atom. The number of hydrogen-bond acceptors (Lipinski definition) is 5. The summed E-state index contributed by atoms with van der Waals surface area (Å²) in [7, 11) is 3.50. The molecule has 0 saturated heterocycles. The Morgan fingerprint density at radius 3 is 2.65 bits per heavy atom. The van der Waals surface area contributed by atoms with Gasteiger partial charge in [0.2, 0.25) is 0 Å². The lowest BCUT2D eigenvalue weighted by molar-refractivity contribution is -0.657. The molecule has 1 aromatic carbocycles. The molecule has 8 heteroatoms. The van der Waals surface area contributed by atoms with Crippen LogP contribution >= 0.6 is 0 Å². The Bertz CT molecular complexity index is 622. The first-order valence-electron chi connectivity index (χ1n) is 7.43. The highest BCUT2D eigenvalue weighted by atomic mass is 28.3. The molecule has 0 fully saturated rings. The molecule has 0 radical (unpaired) electrons. The fourth-order valence-corrected chi connectivity index (χ4v) is 2.71. The summed E-state index contributed by atoms with van der Waals surface area (Å²) in [6, 6.07) is 8.34. The average Bonchev–Trinajstić information content (AvgIpc) is 2.89. The number of nitrogens with zero attached hydrogens (tertiary/aromatic N) is 4. The van der Waals surface area contributed by atoms with Crippen LogP contribution in [0.15, 0.2) is 46.9 Å². The maximum atomic E-state index is 11.2. The number of hydrogen-bond donors (Lipinski definition) is 1. The number of benzene rings is 1. The van der Waals surface area contributed by atoms with E-state index in [-0.39, 0.29) is 0 Å². The second-order valence-corrected chi connectivity index (χ2v) is 6.83. The van der Waals surface area contributed by atoms with Crippen LogP contribution in [0, 0.1) is 0 Å².